The fourth-order valence-corrected chi connectivity index (χ4v) is 2.43. The Morgan fingerprint density at radius 2 is 2.18 bits per heavy atom. The van der Waals surface area contributed by atoms with Gasteiger partial charge in [0.15, 0.2) is 0 Å². The molecule has 1 N–H and O–H groups in total. The smallest absolute Gasteiger partial charge is 0.317 e. The first-order valence-electron chi connectivity index (χ1n) is 8.00. The molecule has 0 bridgehead atoms. The normalized spacial score (nSPS) is 16.0. The number of aryl methyl sites for hydroxylation is 1. The lowest BCUT2D eigenvalue weighted by Crippen LogP contribution is -2.59. The van der Waals surface area contributed by atoms with Crippen LogP contribution in [-0.4, -0.2) is 49.4 Å². The molecule has 1 aromatic rings. The molecule has 122 valence electrons. The van der Waals surface area contributed by atoms with Gasteiger partial charge in [-0.25, -0.2) is 4.79 Å². The molecule has 1 aromatic carbocycles. The molecule has 0 saturated carbocycles. The Morgan fingerprint density at radius 1 is 1.41 bits per heavy atom. The van der Waals surface area contributed by atoms with E-state index in [4.69, 9.17) is 9.47 Å². The minimum atomic E-state index is -0.0396. The summed E-state index contributed by atoms with van der Waals surface area (Å²) < 4.78 is 11.4. The van der Waals surface area contributed by atoms with Gasteiger partial charge in [-0.1, -0.05) is 19.1 Å². The third-order valence-electron chi connectivity index (χ3n) is 3.77. The van der Waals surface area contributed by atoms with E-state index in [1.165, 1.54) is 5.56 Å². The summed E-state index contributed by atoms with van der Waals surface area (Å²) in [5, 5.41) is 2.92. The van der Waals surface area contributed by atoms with Crippen LogP contribution in [0.25, 0.3) is 0 Å². The van der Waals surface area contributed by atoms with Gasteiger partial charge in [0.1, 0.15) is 11.9 Å². The van der Waals surface area contributed by atoms with Gasteiger partial charge in [-0.3, -0.25) is 0 Å². The number of carbonyl (C=O) groups is 1. The van der Waals surface area contributed by atoms with Crippen molar-refractivity contribution in [3.8, 4) is 5.75 Å². The molecule has 1 fully saturated rings. The molecule has 5 nitrogen and oxygen atoms in total. The Morgan fingerprint density at radius 3 is 2.82 bits per heavy atom. The first-order chi connectivity index (χ1) is 10.6. The number of urea groups is 1. The molecule has 0 radical (unpaired) electrons. The van der Waals surface area contributed by atoms with E-state index in [0.29, 0.717) is 26.2 Å². The van der Waals surface area contributed by atoms with Gasteiger partial charge in [-0.15, -0.1) is 0 Å². The van der Waals surface area contributed by atoms with Crippen LogP contribution in [0.4, 0.5) is 4.79 Å². The number of hydrogen-bond acceptors (Lipinski definition) is 3. The zero-order chi connectivity index (χ0) is 15.9. The third kappa shape index (κ3) is 4.63. The maximum absolute atomic E-state index is 12.0. The largest absolute Gasteiger partial charge is 0.487 e. The summed E-state index contributed by atoms with van der Waals surface area (Å²) in [4.78, 5) is 13.8. The molecule has 0 spiro atoms. The Kier molecular flexibility index (Phi) is 6.07. The van der Waals surface area contributed by atoms with Crippen molar-refractivity contribution in [3.05, 3.63) is 29.8 Å². The van der Waals surface area contributed by atoms with Crippen LogP contribution in [0.2, 0.25) is 0 Å². The van der Waals surface area contributed by atoms with Crippen LogP contribution >= 0.6 is 0 Å². The van der Waals surface area contributed by atoms with E-state index < -0.39 is 0 Å². The van der Waals surface area contributed by atoms with Crippen LogP contribution in [0.3, 0.4) is 0 Å². The number of hydrogen-bond donors (Lipinski definition) is 1. The van der Waals surface area contributed by atoms with Gasteiger partial charge in [0.2, 0.25) is 0 Å². The number of nitrogens with zero attached hydrogens (tertiary/aromatic N) is 1. The minimum absolute atomic E-state index is 0.0396. The first-order valence-corrected chi connectivity index (χ1v) is 8.00. The Hall–Kier alpha value is -1.75. The number of amides is 2. The highest BCUT2D eigenvalue weighted by Gasteiger charge is 2.32. The summed E-state index contributed by atoms with van der Waals surface area (Å²) in [6.45, 7) is 8.55. The van der Waals surface area contributed by atoms with E-state index in [0.717, 1.165) is 12.2 Å². The van der Waals surface area contributed by atoms with Crippen molar-refractivity contribution in [2.24, 2.45) is 0 Å². The summed E-state index contributed by atoms with van der Waals surface area (Å²) in [5.41, 5.74) is 1.17. The molecule has 1 saturated heterocycles. The van der Waals surface area contributed by atoms with Crippen LogP contribution in [0.5, 0.6) is 5.75 Å². The molecule has 0 aliphatic carbocycles. The SMILES string of the molecule is CCO[C@H](CC)CNC(=O)N1CC(Oc2cccc(C)c2)C1. The summed E-state index contributed by atoms with van der Waals surface area (Å²) >= 11 is 0. The lowest BCUT2D eigenvalue weighted by atomic mass is 10.1. The molecule has 1 aliphatic rings. The molecule has 22 heavy (non-hydrogen) atoms. The van der Waals surface area contributed by atoms with Gasteiger partial charge in [0.25, 0.3) is 0 Å². The Bertz CT molecular complexity index is 487. The van der Waals surface area contributed by atoms with Crippen LogP contribution < -0.4 is 10.1 Å². The van der Waals surface area contributed by atoms with Crippen molar-refractivity contribution in [1.82, 2.24) is 10.2 Å². The average molecular weight is 306 g/mol. The second-order valence-electron chi connectivity index (χ2n) is 5.63. The lowest BCUT2D eigenvalue weighted by molar-refractivity contribution is 0.0374. The zero-order valence-electron chi connectivity index (χ0n) is 13.7. The third-order valence-corrected chi connectivity index (χ3v) is 3.77. The molecule has 1 heterocycles. The number of ether oxygens (including phenoxy) is 2. The quantitative estimate of drug-likeness (QED) is 0.842. The topological polar surface area (TPSA) is 50.8 Å². The summed E-state index contributed by atoms with van der Waals surface area (Å²) in [6.07, 6.45) is 1.07. The summed E-state index contributed by atoms with van der Waals surface area (Å²) in [7, 11) is 0. The number of nitrogens with one attached hydrogen (secondary N) is 1. The standard InChI is InChI=1S/C17H26N2O3/c1-4-14(21-5-2)10-18-17(20)19-11-16(12-19)22-15-8-6-7-13(3)9-15/h6-9,14,16H,4-5,10-12H2,1-3H3,(H,18,20)/t14-/m1/s1. The van der Waals surface area contributed by atoms with E-state index in [1.807, 2.05) is 38.1 Å². The van der Waals surface area contributed by atoms with Crippen LogP contribution in [0.1, 0.15) is 25.8 Å². The number of rotatable bonds is 7. The zero-order valence-corrected chi connectivity index (χ0v) is 13.7. The summed E-state index contributed by atoms with van der Waals surface area (Å²) in [5.74, 6) is 0.868. The monoisotopic (exact) mass is 306 g/mol. The maximum atomic E-state index is 12.0. The van der Waals surface area contributed by atoms with Gasteiger partial charge in [0.05, 0.1) is 19.2 Å². The van der Waals surface area contributed by atoms with Crippen molar-refractivity contribution in [3.63, 3.8) is 0 Å². The van der Waals surface area contributed by atoms with E-state index >= 15 is 0 Å². The first kappa shape index (κ1) is 16.6. The molecular formula is C17H26N2O3. The predicted octanol–water partition coefficient (Wildman–Crippen LogP) is 2.58. The van der Waals surface area contributed by atoms with Gasteiger partial charge < -0.3 is 19.7 Å². The number of likely N-dealkylation sites (tertiary alicyclic amines) is 1. The number of carbonyl (C=O) groups excluding carboxylic acids is 1. The van der Waals surface area contributed by atoms with E-state index in [2.05, 4.69) is 12.2 Å². The van der Waals surface area contributed by atoms with Crippen LogP contribution in [-0.2, 0) is 4.74 Å². The molecule has 0 aromatic heterocycles. The minimum Gasteiger partial charge on any atom is -0.487 e. The summed E-state index contributed by atoms with van der Waals surface area (Å²) in [6, 6.07) is 7.94. The molecule has 5 heteroatoms. The van der Waals surface area contributed by atoms with Crippen molar-refractivity contribution >= 4 is 6.03 Å². The molecular weight excluding hydrogens is 280 g/mol. The fourth-order valence-electron chi connectivity index (χ4n) is 2.43. The maximum Gasteiger partial charge on any atom is 0.317 e. The molecule has 1 atom stereocenters. The van der Waals surface area contributed by atoms with Crippen LogP contribution in [0.15, 0.2) is 24.3 Å². The highest BCUT2D eigenvalue weighted by molar-refractivity contribution is 5.75. The van der Waals surface area contributed by atoms with Crippen LogP contribution in [0, 0.1) is 6.92 Å². The van der Waals surface area contributed by atoms with Gasteiger partial charge in [-0.2, -0.15) is 0 Å². The van der Waals surface area contributed by atoms with E-state index in [1.54, 1.807) is 4.90 Å². The van der Waals surface area contributed by atoms with Crippen molar-refractivity contribution in [1.29, 1.82) is 0 Å². The fraction of sp³-hybridized carbons (Fsp3) is 0.588. The Balaban J connectivity index is 1.68. The second kappa shape index (κ2) is 8.03. The molecule has 1 aliphatic heterocycles. The van der Waals surface area contributed by atoms with E-state index in [-0.39, 0.29) is 18.2 Å². The Labute approximate surface area is 132 Å². The predicted molar refractivity (Wildman–Crippen MR) is 86.3 cm³/mol. The highest BCUT2D eigenvalue weighted by atomic mass is 16.5. The highest BCUT2D eigenvalue weighted by Crippen LogP contribution is 2.19. The lowest BCUT2D eigenvalue weighted by Gasteiger charge is -2.39. The molecule has 2 amide bonds. The van der Waals surface area contributed by atoms with Gasteiger partial charge in [-0.05, 0) is 38.0 Å². The molecule has 2 rings (SSSR count). The van der Waals surface area contributed by atoms with Crippen molar-refractivity contribution < 1.29 is 14.3 Å². The van der Waals surface area contributed by atoms with Crippen molar-refractivity contribution in [2.45, 2.75) is 39.4 Å². The molecule has 0 unspecified atom stereocenters. The second-order valence-corrected chi connectivity index (χ2v) is 5.63. The average Bonchev–Trinajstić information content (AvgIpc) is 2.46. The van der Waals surface area contributed by atoms with Gasteiger partial charge >= 0.3 is 6.03 Å². The van der Waals surface area contributed by atoms with Gasteiger partial charge in [0, 0.05) is 13.2 Å². The van der Waals surface area contributed by atoms with E-state index in [9.17, 15) is 4.79 Å². The number of benzene rings is 1. The van der Waals surface area contributed by atoms with Crippen molar-refractivity contribution in [2.75, 3.05) is 26.2 Å².